The van der Waals surface area contributed by atoms with Gasteiger partial charge in [-0.05, 0) is 53.5 Å². The zero-order chi connectivity index (χ0) is 13.9. The van der Waals surface area contributed by atoms with Crippen molar-refractivity contribution in [2.75, 3.05) is 7.05 Å². The topological polar surface area (TPSA) is 52.6 Å². The van der Waals surface area contributed by atoms with Gasteiger partial charge in [-0.3, -0.25) is 10.1 Å². The Morgan fingerprint density at radius 1 is 1.50 bits per heavy atom. The summed E-state index contributed by atoms with van der Waals surface area (Å²) in [7, 11) is 2.12. The molecule has 0 aromatic carbocycles. The van der Waals surface area contributed by atoms with Gasteiger partial charge >= 0.3 is 5.97 Å². The average Bonchev–Trinajstić information content (AvgIpc) is 2.71. The third-order valence-electron chi connectivity index (χ3n) is 4.32. The number of carbonyl (C=O) groups is 1. The van der Waals surface area contributed by atoms with E-state index in [4.69, 9.17) is 0 Å². The third-order valence-corrected chi connectivity index (χ3v) is 4.32. The van der Waals surface area contributed by atoms with Crippen LogP contribution in [0.5, 0.6) is 0 Å². The number of nitrogens with one attached hydrogen (secondary N) is 1. The van der Waals surface area contributed by atoms with E-state index in [-0.39, 0.29) is 6.04 Å². The maximum Gasteiger partial charge on any atom is 0.323 e. The maximum absolute atomic E-state index is 11.6. The second-order valence-electron chi connectivity index (χ2n) is 6.01. The number of carboxylic acid groups (broad SMARTS) is 1. The highest BCUT2D eigenvalue weighted by Gasteiger charge is 2.47. The van der Waals surface area contributed by atoms with Crippen LogP contribution in [0.3, 0.4) is 0 Å². The fraction of sp³-hybridized carbons (Fsp3) is 0.929. The fourth-order valence-electron chi connectivity index (χ4n) is 2.95. The summed E-state index contributed by atoms with van der Waals surface area (Å²) < 4.78 is 0. The molecule has 2 N–H and O–H groups in total. The van der Waals surface area contributed by atoms with E-state index in [1.54, 1.807) is 0 Å². The standard InChI is InChI=1S/C14H28N2O2/c1-6-11(4)16(5)12-7-8-14(9-12,13(17)18)15-10(2)3/h10-12,15H,6-9H2,1-5H3,(H,17,18). The van der Waals surface area contributed by atoms with E-state index >= 15 is 0 Å². The molecule has 0 aromatic heterocycles. The molecule has 106 valence electrons. The Bertz CT molecular complexity index is 294. The Kier molecular flexibility index (Phi) is 5.17. The van der Waals surface area contributed by atoms with E-state index in [9.17, 15) is 9.90 Å². The molecule has 0 radical (unpaired) electrons. The molecule has 0 bridgehead atoms. The van der Waals surface area contributed by atoms with Gasteiger partial charge in [0, 0.05) is 18.1 Å². The van der Waals surface area contributed by atoms with Gasteiger partial charge in [0.2, 0.25) is 0 Å². The van der Waals surface area contributed by atoms with Crippen LogP contribution >= 0.6 is 0 Å². The Labute approximate surface area is 111 Å². The molecule has 0 amide bonds. The number of carboxylic acids is 1. The smallest absolute Gasteiger partial charge is 0.323 e. The van der Waals surface area contributed by atoms with Crippen LogP contribution in [-0.4, -0.2) is 46.7 Å². The van der Waals surface area contributed by atoms with E-state index in [1.807, 2.05) is 13.8 Å². The lowest BCUT2D eigenvalue weighted by Gasteiger charge is -2.33. The minimum absolute atomic E-state index is 0.203. The summed E-state index contributed by atoms with van der Waals surface area (Å²) in [6.45, 7) is 8.40. The Morgan fingerprint density at radius 3 is 2.56 bits per heavy atom. The molecule has 0 aliphatic heterocycles. The molecular weight excluding hydrogens is 228 g/mol. The summed E-state index contributed by atoms with van der Waals surface area (Å²) in [4.78, 5) is 13.9. The zero-order valence-corrected chi connectivity index (χ0v) is 12.4. The van der Waals surface area contributed by atoms with E-state index in [0.29, 0.717) is 18.5 Å². The molecular formula is C14H28N2O2. The summed E-state index contributed by atoms with van der Waals surface area (Å²) >= 11 is 0. The molecule has 0 spiro atoms. The predicted molar refractivity (Wildman–Crippen MR) is 73.8 cm³/mol. The van der Waals surface area contributed by atoms with Crippen molar-refractivity contribution in [1.82, 2.24) is 10.2 Å². The third kappa shape index (κ3) is 3.23. The van der Waals surface area contributed by atoms with Crippen molar-refractivity contribution in [3.8, 4) is 0 Å². The molecule has 1 rings (SSSR count). The molecule has 3 atom stereocenters. The molecule has 0 saturated heterocycles. The first-order chi connectivity index (χ1) is 8.32. The van der Waals surface area contributed by atoms with Crippen LogP contribution in [0.2, 0.25) is 0 Å². The summed E-state index contributed by atoms with van der Waals surface area (Å²) in [5.74, 6) is -0.698. The molecule has 0 aromatic rings. The molecule has 18 heavy (non-hydrogen) atoms. The average molecular weight is 256 g/mol. The van der Waals surface area contributed by atoms with Crippen LogP contribution in [0.15, 0.2) is 0 Å². The van der Waals surface area contributed by atoms with Gasteiger partial charge in [-0.1, -0.05) is 6.92 Å². The fourth-order valence-corrected chi connectivity index (χ4v) is 2.95. The maximum atomic E-state index is 11.6. The van der Waals surface area contributed by atoms with E-state index < -0.39 is 11.5 Å². The zero-order valence-electron chi connectivity index (χ0n) is 12.4. The van der Waals surface area contributed by atoms with Gasteiger partial charge in [0.25, 0.3) is 0 Å². The summed E-state index contributed by atoms with van der Waals surface area (Å²) in [6, 6.07) is 1.09. The second kappa shape index (κ2) is 6.02. The molecule has 4 nitrogen and oxygen atoms in total. The van der Waals surface area contributed by atoms with Crippen molar-refractivity contribution in [1.29, 1.82) is 0 Å². The van der Waals surface area contributed by atoms with E-state index in [0.717, 1.165) is 19.3 Å². The molecule has 1 aliphatic carbocycles. The Morgan fingerprint density at radius 2 is 2.11 bits per heavy atom. The first kappa shape index (κ1) is 15.4. The van der Waals surface area contributed by atoms with Gasteiger partial charge < -0.3 is 10.0 Å². The highest BCUT2D eigenvalue weighted by Crippen LogP contribution is 2.34. The monoisotopic (exact) mass is 256 g/mol. The minimum Gasteiger partial charge on any atom is -0.480 e. The van der Waals surface area contributed by atoms with Crippen molar-refractivity contribution < 1.29 is 9.90 Å². The lowest BCUT2D eigenvalue weighted by atomic mass is 9.96. The van der Waals surface area contributed by atoms with Crippen LogP contribution in [-0.2, 0) is 4.79 Å². The predicted octanol–water partition coefficient (Wildman–Crippen LogP) is 2.09. The van der Waals surface area contributed by atoms with E-state index in [2.05, 4.69) is 31.1 Å². The van der Waals surface area contributed by atoms with Crippen LogP contribution < -0.4 is 5.32 Å². The first-order valence-electron chi connectivity index (χ1n) is 7.05. The molecule has 0 heterocycles. The highest BCUT2D eigenvalue weighted by molar-refractivity contribution is 5.79. The largest absolute Gasteiger partial charge is 0.480 e. The second-order valence-corrected chi connectivity index (χ2v) is 6.01. The van der Waals surface area contributed by atoms with Crippen molar-refractivity contribution >= 4 is 5.97 Å². The van der Waals surface area contributed by atoms with Crippen LogP contribution in [0.1, 0.15) is 53.4 Å². The van der Waals surface area contributed by atoms with Gasteiger partial charge in [0.1, 0.15) is 5.54 Å². The number of hydrogen-bond acceptors (Lipinski definition) is 3. The number of hydrogen-bond donors (Lipinski definition) is 2. The summed E-state index contributed by atoms with van der Waals surface area (Å²) in [6.07, 6.45) is 3.50. The highest BCUT2D eigenvalue weighted by atomic mass is 16.4. The van der Waals surface area contributed by atoms with Gasteiger partial charge in [0.15, 0.2) is 0 Å². The number of aliphatic carboxylic acids is 1. The van der Waals surface area contributed by atoms with E-state index in [1.165, 1.54) is 0 Å². The first-order valence-corrected chi connectivity index (χ1v) is 7.05. The Hall–Kier alpha value is -0.610. The van der Waals surface area contributed by atoms with Crippen molar-refractivity contribution in [2.45, 2.75) is 77.0 Å². The van der Waals surface area contributed by atoms with Gasteiger partial charge in [-0.15, -0.1) is 0 Å². The van der Waals surface area contributed by atoms with Crippen molar-refractivity contribution in [2.24, 2.45) is 0 Å². The number of rotatable bonds is 6. The Balaban J connectivity index is 2.74. The van der Waals surface area contributed by atoms with Crippen LogP contribution in [0.25, 0.3) is 0 Å². The molecule has 1 fully saturated rings. The molecule has 4 heteroatoms. The van der Waals surface area contributed by atoms with Gasteiger partial charge in [-0.2, -0.15) is 0 Å². The lowest BCUT2D eigenvalue weighted by molar-refractivity contribution is -0.145. The normalized spacial score (nSPS) is 30.1. The minimum atomic E-state index is -0.722. The van der Waals surface area contributed by atoms with Gasteiger partial charge in [0.05, 0.1) is 0 Å². The summed E-state index contributed by atoms with van der Waals surface area (Å²) in [5.41, 5.74) is -0.722. The molecule has 1 saturated carbocycles. The van der Waals surface area contributed by atoms with Crippen LogP contribution in [0, 0.1) is 0 Å². The number of nitrogens with zero attached hydrogens (tertiary/aromatic N) is 1. The SMILES string of the molecule is CCC(C)N(C)C1CCC(NC(C)C)(C(=O)O)C1. The van der Waals surface area contributed by atoms with Crippen LogP contribution in [0.4, 0.5) is 0 Å². The molecule has 3 unspecified atom stereocenters. The lowest BCUT2D eigenvalue weighted by Crippen LogP contribution is -2.54. The van der Waals surface area contributed by atoms with Crippen molar-refractivity contribution in [3.05, 3.63) is 0 Å². The quantitative estimate of drug-likeness (QED) is 0.764. The molecule has 1 aliphatic rings. The van der Waals surface area contributed by atoms with Gasteiger partial charge in [-0.25, -0.2) is 0 Å². The van der Waals surface area contributed by atoms with Crippen molar-refractivity contribution in [3.63, 3.8) is 0 Å². The summed E-state index contributed by atoms with van der Waals surface area (Å²) in [5, 5.41) is 12.8.